The Labute approximate surface area is 114 Å². The Morgan fingerprint density at radius 1 is 1.58 bits per heavy atom. The van der Waals surface area contributed by atoms with Gasteiger partial charge in [-0.2, -0.15) is 0 Å². The van der Waals surface area contributed by atoms with Gasteiger partial charge in [0.15, 0.2) is 0 Å². The Bertz CT molecular complexity index is 454. The first-order valence-corrected chi connectivity index (χ1v) is 7.06. The number of nitrogens with zero attached hydrogens (tertiary/aromatic N) is 2. The average Bonchev–Trinajstić information content (AvgIpc) is 2.93. The molecule has 1 atom stereocenters. The van der Waals surface area contributed by atoms with E-state index in [1.807, 2.05) is 25.7 Å². The van der Waals surface area contributed by atoms with Gasteiger partial charge < -0.3 is 14.7 Å². The minimum atomic E-state index is 0.0140. The van der Waals surface area contributed by atoms with E-state index in [4.69, 9.17) is 4.52 Å². The van der Waals surface area contributed by atoms with Gasteiger partial charge in [-0.1, -0.05) is 12.1 Å². The summed E-state index contributed by atoms with van der Waals surface area (Å²) in [5.41, 5.74) is 2.02. The molecule has 0 unspecified atom stereocenters. The van der Waals surface area contributed by atoms with Crippen LogP contribution in [0.3, 0.4) is 0 Å². The lowest BCUT2D eigenvalue weighted by molar-refractivity contribution is 0.190. The van der Waals surface area contributed by atoms with Crippen LogP contribution >= 0.6 is 0 Å². The molecule has 1 aliphatic heterocycles. The van der Waals surface area contributed by atoms with Crippen LogP contribution in [0.5, 0.6) is 0 Å². The van der Waals surface area contributed by atoms with Gasteiger partial charge >= 0.3 is 6.03 Å². The number of aromatic nitrogens is 1. The molecule has 2 heterocycles. The van der Waals surface area contributed by atoms with Crippen LogP contribution in [0, 0.1) is 6.92 Å². The lowest BCUT2D eigenvalue weighted by Gasteiger charge is -2.26. The van der Waals surface area contributed by atoms with Crippen molar-refractivity contribution < 1.29 is 9.32 Å². The van der Waals surface area contributed by atoms with Crippen LogP contribution in [0.2, 0.25) is 0 Å². The quantitative estimate of drug-likeness (QED) is 0.914. The zero-order chi connectivity index (χ0) is 14.0. The second-order valence-electron chi connectivity index (χ2n) is 5.41. The summed E-state index contributed by atoms with van der Waals surface area (Å²) in [6.45, 7) is 8.76. The molecule has 1 saturated heterocycles. The molecule has 1 N–H and O–H groups in total. The molecule has 0 saturated carbocycles. The lowest BCUT2D eigenvalue weighted by Crippen LogP contribution is -2.42. The highest BCUT2D eigenvalue weighted by Gasteiger charge is 2.34. The van der Waals surface area contributed by atoms with E-state index in [2.05, 4.69) is 17.4 Å². The van der Waals surface area contributed by atoms with Gasteiger partial charge in [-0.15, -0.1) is 0 Å². The number of carbonyl (C=O) groups excluding carboxylic acids is 1. The summed E-state index contributed by atoms with van der Waals surface area (Å²) in [4.78, 5) is 14.2. The fraction of sp³-hybridized carbons (Fsp3) is 0.714. The van der Waals surface area contributed by atoms with E-state index in [1.165, 1.54) is 0 Å². The Morgan fingerprint density at radius 2 is 2.32 bits per heavy atom. The van der Waals surface area contributed by atoms with Gasteiger partial charge in [0.1, 0.15) is 5.76 Å². The Morgan fingerprint density at radius 3 is 2.95 bits per heavy atom. The van der Waals surface area contributed by atoms with Crippen molar-refractivity contribution in [3.63, 3.8) is 0 Å². The molecule has 5 heteroatoms. The Kier molecular flexibility index (Phi) is 4.12. The van der Waals surface area contributed by atoms with Gasteiger partial charge in [0, 0.05) is 24.6 Å². The van der Waals surface area contributed by atoms with Gasteiger partial charge in [-0.25, -0.2) is 4.79 Å². The highest BCUT2D eigenvalue weighted by atomic mass is 16.5. The predicted molar refractivity (Wildman–Crippen MR) is 73.0 cm³/mol. The van der Waals surface area contributed by atoms with E-state index in [9.17, 15) is 4.79 Å². The van der Waals surface area contributed by atoms with Gasteiger partial charge in [0.05, 0.1) is 11.7 Å². The zero-order valence-corrected chi connectivity index (χ0v) is 12.2. The number of carbonyl (C=O) groups is 1. The molecule has 1 aromatic rings. The highest BCUT2D eigenvalue weighted by Crippen LogP contribution is 2.35. The molecule has 1 aromatic heterocycles. The molecule has 5 nitrogen and oxygen atoms in total. The molecule has 0 spiro atoms. The summed E-state index contributed by atoms with van der Waals surface area (Å²) in [5.74, 6) is 0.909. The normalized spacial score (nSPS) is 19.2. The van der Waals surface area contributed by atoms with Crippen LogP contribution in [0.1, 0.15) is 56.7 Å². The molecule has 1 aliphatic rings. The van der Waals surface area contributed by atoms with Gasteiger partial charge in [-0.05, 0) is 33.6 Å². The number of hydrogen-bond acceptors (Lipinski definition) is 3. The number of urea groups is 1. The van der Waals surface area contributed by atoms with Crippen LogP contribution in [0.4, 0.5) is 4.79 Å². The first-order chi connectivity index (χ1) is 9.04. The largest absolute Gasteiger partial charge is 0.361 e. The smallest absolute Gasteiger partial charge is 0.318 e. The SMILES string of the molecule is CCc1onc(C)c1[C@H]1CCCN1C(=O)NC(C)C. The fourth-order valence-corrected chi connectivity index (χ4v) is 2.75. The van der Waals surface area contributed by atoms with Gasteiger partial charge in [0.25, 0.3) is 0 Å². The number of hydrogen-bond donors (Lipinski definition) is 1. The van der Waals surface area contributed by atoms with Crippen molar-refractivity contribution >= 4 is 6.03 Å². The molecule has 106 valence electrons. The Hall–Kier alpha value is -1.52. The van der Waals surface area contributed by atoms with Crippen molar-refractivity contribution in [2.45, 2.75) is 59.0 Å². The van der Waals surface area contributed by atoms with Crippen LogP contribution in [0.25, 0.3) is 0 Å². The summed E-state index contributed by atoms with van der Waals surface area (Å²) in [5, 5.41) is 7.02. The second-order valence-corrected chi connectivity index (χ2v) is 5.41. The third-order valence-electron chi connectivity index (χ3n) is 3.56. The molecular weight excluding hydrogens is 242 g/mol. The molecule has 0 aliphatic carbocycles. The van der Waals surface area contributed by atoms with E-state index in [1.54, 1.807) is 0 Å². The topological polar surface area (TPSA) is 58.4 Å². The molecule has 0 radical (unpaired) electrons. The second kappa shape index (κ2) is 5.63. The predicted octanol–water partition coefficient (Wildman–Crippen LogP) is 2.80. The summed E-state index contributed by atoms with van der Waals surface area (Å²) in [7, 11) is 0. The maximum absolute atomic E-state index is 12.2. The summed E-state index contributed by atoms with van der Waals surface area (Å²) >= 11 is 0. The standard InChI is InChI=1S/C14H23N3O2/c1-5-12-13(10(4)16-19-12)11-7-6-8-17(11)14(18)15-9(2)3/h9,11H,5-8H2,1-4H3,(H,15,18)/t11-/m1/s1. The molecule has 0 aromatic carbocycles. The van der Waals surface area contributed by atoms with Crippen molar-refractivity contribution in [1.29, 1.82) is 0 Å². The first kappa shape index (κ1) is 13.9. The Balaban J connectivity index is 2.23. The number of likely N-dealkylation sites (tertiary alicyclic amines) is 1. The van der Waals surface area contributed by atoms with Gasteiger partial charge in [0.2, 0.25) is 0 Å². The fourth-order valence-electron chi connectivity index (χ4n) is 2.75. The van der Waals surface area contributed by atoms with E-state index in [0.717, 1.165) is 42.8 Å². The monoisotopic (exact) mass is 265 g/mol. The molecule has 19 heavy (non-hydrogen) atoms. The van der Waals surface area contributed by atoms with Crippen LogP contribution < -0.4 is 5.32 Å². The third kappa shape index (κ3) is 2.74. The van der Waals surface area contributed by atoms with Crippen LogP contribution in [0.15, 0.2) is 4.52 Å². The zero-order valence-electron chi connectivity index (χ0n) is 12.2. The molecule has 2 amide bonds. The van der Waals surface area contributed by atoms with E-state index < -0.39 is 0 Å². The summed E-state index contributed by atoms with van der Waals surface area (Å²) in [6.07, 6.45) is 2.83. The number of nitrogens with one attached hydrogen (secondary N) is 1. The molecular formula is C14H23N3O2. The summed E-state index contributed by atoms with van der Waals surface area (Å²) in [6, 6.07) is 0.281. The first-order valence-electron chi connectivity index (χ1n) is 7.06. The molecule has 1 fully saturated rings. The maximum atomic E-state index is 12.2. The van der Waals surface area contributed by atoms with Crippen molar-refractivity contribution in [1.82, 2.24) is 15.4 Å². The summed E-state index contributed by atoms with van der Waals surface area (Å²) < 4.78 is 5.36. The molecule has 2 rings (SSSR count). The number of rotatable bonds is 3. The van der Waals surface area contributed by atoms with E-state index >= 15 is 0 Å². The van der Waals surface area contributed by atoms with Crippen molar-refractivity contribution in [3.8, 4) is 0 Å². The van der Waals surface area contributed by atoms with Crippen molar-refractivity contribution in [3.05, 3.63) is 17.0 Å². The number of amides is 2. The average molecular weight is 265 g/mol. The highest BCUT2D eigenvalue weighted by molar-refractivity contribution is 5.75. The van der Waals surface area contributed by atoms with Crippen LogP contribution in [-0.2, 0) is 6.42 Å². The van der Waals surface area contributed by atoms with Crippen molar-refractivity contribution in [2.75, 3.05) is 6.54 Å². The molecule has 0 bridgehead atoms. The van der Waals surface area contributed by atoms with E-state index in [-0.39, 0.29) is 18.1 Å². The van der Waals surface area contributed by atoms with Crippen molar-refractivity contribution in [2.24, 2.45) is 0 Å². The third-order valence-corrected chi connectivity index (χ3v) is 3.56. The number of aryl methyl sites for hydroxylation is 2. The minimum absolute atomic E-state index is 0.0140. The lowest BCUT2D eigenvalue weighted by atomic mass is 10.0. The van der Waals surface area contributed by atoms with E-state index in [0.29, 0.717) is 0 Å². The maximum Gasteiger partial charge on any atom is 0.318 e. The van der Waals surface area contributed by atoms with Gasteiger partial charge in [-0.3, -0.25) is 0 Å². The van der Waals surface area contributed by atoms with Crippen LogP contribution in [-0.4, -0.2) is 28.7 Å². The minimum Gasteiger partial charge on any atom is -0.361 e.